The van der Waals surface area contributed by atoms with Crippen LogP contribution in [0.5, 0.6) is 0 Å². The predicted octanol–water partition coefficient (Wildman–Crippen LogP) is 4.25. The second-order valence-electron chi connectivity index (χ2n) is 4.83. The fraction of sp³-hybridized carbons (Fsp3) is 0.357. The summed E-state index contributed by atoms with van der Waals surface area (Å²) in [5.74, 6) is 0.857. The molecular formula is C14H18F. The molecule has 0 aliphatic heterocycles. The van der Waals surface area contributed by atoms with E-state index in [1.807, 2.05) is 39.8 Å². The van der Waals surface area contributed by atoms with Crippen LogP contribution in [0.2, 0.25) is 0 Å². The van der Waals surface area contributed by atoms with Crippen LogP contribution in [0.15, 0.2) is 30.9 Å². The number of hydrogen-bond donors (Lipinski definition) is 0. The molecule has 1 aromatic carbocycles. The summed E-state index contributed by atoms with van der Waals surface area (Å²) in [6.07, 6.45) is 1.74. The summed E-state index contributed by atoms with van der Waals surface area (Å²) >= 11 is 0. The number of allylic oxidation sites excluding steroid dienone is 1. The summed E-state index contributed by atoms with van der Waals surface area (Å²) in [5.41, 5.74) is 1.50. The Kier molecular flexibility index (Phi) is 3.33. The maximum Gasteiger partial charge on any atom is 0.127 e. The number of rotatable bonds is 2. The SMILES string of the molecule is C=C[C](C)c1ccc(C(C)(C)C)c(F)c1. The topological polar surface area (TPSA) is 0 Å². The first-order chi connectivity index (χ1) is 6.86. The minimum Gasteiger partial charge on any atom is -0.207 e. The van der Waals surface area contributed by atoms with E-state index in [4.69, 9.17) is 0 Å². The second-order valence-corrected chi connectivity index (χ2v) is 4.83. The van der Waals surface area contributed by atoms with E-state index in [-0.39, 0.29) is 11.2 Å². The molecule has 1 heteroatoms. The van der Waals surface area contributed by atoms with E-state index in [1.165, 1.54) is 0 Å². The maximum absolute atomic E-state index is 13.8. The molecule has 0 heterocycles. The highest BCUT2D eigenvalue weighted by molar-refractivity contribution is 5.39. The lowest BCUT2D eigenvalue weighted by molar-refractivity contribution is 0.522. The van der Waals surface area contributed by atoms with Gasteiger partial charge in [0.05, 0.1) is 0 Å². The van der Waals surface area contributed by atoms with Crippen molar-refractivity contribution in [1.82, 2.24) is 0 Å². The average molecular weight is 205 g/mol. The predicted molar refractivity (Wildman–Crippen MR) is 63.3 cm³/mol. The van der Waals surface area contributed by atoms with Gasteiger partial charge in [0.25, 0.3) is 0 Å². The minimum absolute atomic E-state index is 0.138. The molecule has 1 rings (SSSR count). The molecule has 0 aromatic heterocycles. The van der Waals surface area contributed by atoms with Gasteiger partial charge in [-0.2, -0.15) is 0 Å². The molecule has 0 atom stereocenters. The Morgan fingerprint density at radius 1 is 1.33 bits per heavy atom. The van der Waals surface area contributed by atoms with Crippen molar-refractivity contribution in [2.24, 2.45) is 0 Å². The van der Waals surface area contributed by atoms with Gasteiger partial charge in [-0.05, 0) is 22.6 Å². The molecule has 15 heavy (non-hydrogen) atoms. The Hall–Kier alpha value is -1.11. The summed E-state index contributed by atoms with van der Waals surface area (Å²) in [7, 11) is 0. The van der Waals surface area contributed by atoms with Crippen LogP contribution in [-0.4, -0.2) is 0 Å². The van der Waals surface area contributed by atoms with Gasteiger partial charge in [-0.1, -0.05) is 45.9 Å². The standard InChI is InChI=1S/C14H18F/c1-6-10(2)11-7-8-12(13(15)9-11)14(3,4)5/h6-9H,1H2,2-5H3. The fourth-order valence-electron chi connectivity index (χ4n) is 1.49. The van der Waals surface area contributed by atoms with Crippen LogP contribution >= 0.6 is 0 Å². The van der Waals surface area contributed by atoms with E-state index < -0.39 is 0 Å². The number of hydrogen-bond acceptors (Lipinski definition) is 0. The first kappa shape index (κ1) is 12.0. The highest BCUT2D eigenvalue weighted by atomic mass is 19.1. The summed E-state index contributed by atoms with van der Waals surface area (Å²) in [6.45, 7) is 11.6. The zero-order valence-corrected chi connectivity index (χ0v) is 9.89. The quantitative estimate of drug-likeness (QED) is 0.677. The van der Waals surface area contributed by atoms with E-state index in [1.54, 1.807) is 12.1 Å². The monoisotopic (exact) mass is 205 g/mol. The van der Waals surface area contributed by atoms with Crippen molar-refractivity contribution >= 4 is 0 Å². The van der Waals surface area contributed by atoms with E-state index >= 15 is 0 Å². The maximum atomic E-state index is 13.8. The third kappa shape index (κ3) is 2.68. The van der Waals surface area contributed by atoms with Gasteiger partial charge in [0.15, 0.2) is 0 Å². The third-order valence-corrected chi connectivity index (χ3v) is 2.54. The highest BCUT2D eigenvalue weighted by Crippen LogP contribution is 2.27. The van der Waals surface area contributed by atoms with Gasteiger partial charge in [0.2, 0.25) is 0 Å². The van der Waals surface area contributed by atoms with E-state index in [0.29, 0.717) is 0 Å². The van der Waals surface area contributed by atoms with Gasteiger partial charge in [0, 0.05) is 5.92 Å². The first-order valence-electron chi connectivity index (χ1n) is 5.12. The first-order valence-corrected chi connectivity index (χ1v) is 5.12. The van der Waals surface area contributed by atoms with Crippen molar-refractivity contribution in [3.05, 3.63) is 53.7 Å². The molecule has 0 aliphatic carbocycles. The Labute approximate surface area is 91.8 Å². The molecule has 1 radical (unpaired) electrons. The molecule has 0 unspecified atom stereocenters. The van der Waals surface area contributed by atoms with Crippen LogP contribution in [-0.2, 0) is 5.41 Å². The van der Waals surface area contributed by atoms with Crippen LogP contribution in [0.4, 0.5) is 4.39 Å². The van der Waals surface area contributed by atoms with Crippen molar-refractivity contribution in [3.63, 3.8) is 0 Å². The normalized spacial score (nSPS) is 11.9. The lowest BCUT2D eigenvalue weighted by Gasteiger charge is -2.20. The Balaban J connectivity index is 3.14. The molecule has 81 valence electrons. The van der Waals surface area contributed by atoms with Crippen molar-refractivity contribution in [2.45, 2.75) is 33.1 Å². The summed E-state index contributed by atoms with van der Waals surface area (Å²) in [6, 6.07) is 5.38. The summed E-state index contributed by atoms with van der Waals surface area (Å²) < 4.78 is 13.8. The van der Waals surface area contributed by atoms with Gasteiger partial charge < -0.3 is 0 Å². The smallest absolute Gasteiger partial charge is 0.127 e. The molecule has 1 aromatic rings. The fourth-order valence-corrected chi connectivity index (χ4v) is 1.49. The molecule has 0 nitrogen and oxygen atoms in total. The van der Waals surface area contributed by atoms with Crippen molar-refractivity contribution in [3.8, 4) is 0 Å². The van der Waals surface area contributed by atoms with Gasteiger partial charge in [-0.25, -0.2) is 4.39 Å². The highest BCUT2D eigenvalue weighted by Gasteiger charge is 2.18. The molecule has 0 saturated carbocycles. The van der Waals surface area contributed by atoms with Crippen molar-refractivity contribution in [2.75, 3.05) is 0 Å². The number of benzene rings is 1. The zero-order chi connectivity index (χ0) is 11.6. The average Bonchev–Trinajstić information content (AvgIpc) is 2.14. The second kappa shape index (κ2) is 4.18. The van der Waals surface area contributed by atoms with Gasteiger partial charge in [0.1, 0.15) is 5.82 Å². The third-order valence-electron chi connectivity index (χ3n) is 2.54. The largest absolute Gasteiger partial charge is 0.207 e. The minimum atomic E-state index is -0.148. The Bertz CT molecular complexity index is 358. The van der Waals surface area contributed by atoms with E-state index in [9.17, 15) is 4.39 Å². The number of halogens is 1. The lowest BCUT2D eigenvalue weighted by atomic mass is 9.85. The van der Waals surface area contributed by atoms with Gasteiger partial charge >= 0.3 is 0 Å². The molecule has 0 amide bonds. The molecule has 0 spiro atoms. The summed E-state index contributed by atoms with van der Waals surface area (Å²) in [4.78, 5) is 0. The van der Waals surface area contributed by atoms with Gasteiger partial charge in [-0.15, -0.1) is 6.58 Å². The van der Waals surface area contributed by atoms with Crippen molar-refractivity contribution in [1.29, 1.82) is 0 Å². The molecule has 0 aliphatic rings. The van der Waals surface area contributed by atoms with Crippen LogP contribution < -0.4 is 0 Å². The van der Waals surface area contributed by atoms with E-state index in [0.717, 1.165) is 17.0 Å². The Morgan fingerprint density at radius 2 is 1.93 bits per heavy atom. The van der Waals surface area contributed by atoms with Crippen LogP contribution in [0.25, 0.3) is 0 Å². The Morgan fingerprint density at radius 3 is 2.33 bits per heavy atom. The summed E-state index contributed by atoms with van der Waals surface area (Å²) in [5, 5.41) is 0. The van der Waals surface area contributed by atoms with Crippen LogP contribution in [0, 0.1) is 11.7 Å². The van der Waals surface area contributed by atoms with Crippen LogP contribution in [0.1, 0.15) is 38.8 Å². The molecule has 0 N–H and O–H groups in total. The zero-order valence-electron chi connectivity index (χ0n) is 9.89. The van der Waals surface area contributed by atoms with Crippen LogP contribution in [0.3, 0.4) is 0 Å². The molecule has 0 bridgehead atoms. The van der Waals surface area contributed by atoms with Gasteiger partial charge in [-0.3, -0.25) is 0 Å². The molecule has 0 fully saturated rings. The molecular weight excluding hydrogens is 187 g/mol. The lowest BCUT2D eigenvalue weighted by Crippen LogP contribution is -2.13. The molecule has 0 saturated heterocycles. The van der Waals surface area contributed by atoms with E-state index in [2.05, 4.69) is 6.58 Å². The van der Waals surface area contributed by atoms with Crippen molar-refractivity contribution < 1.29 is 4.39 Å².